The van der Waals surface area contributed by atoms with Crippen molar-refractivity contribution in [2.45, 2.75) is 26.7 Å². The minimum Gasteiger partial charge on any atom is -0.373 e. The van der Waals surface area contributed by atoms with Crippen LogP contribution in [0.2, 0.25) is 0 Å². The van der Waals surface area contributed by atoms with Crippen molar-refractivity contribution in [1.82, 2.24) is 9.80 Å². The van der Waals surface area contributed by atoms with Crippen molar-refractivity contribution in [3.63, 3.8) is 0 Å². The molecule has 0 aliphatic carbocycles. The molecule has 2 heterocycles. The van der Waals surface area contributed by atoms with Gasteiger partial charge in [0.2, 0.25) is 0 Å². The van der Waals surface area contributed by atoms with E-state index in [9.17, 15) is 10.1 Å². The van der Waals surface area contributed by atoms with Crippen LogP contribution in [0.1, 0.15) is 25.3 Å². The summed E-state index contributed by atoms with van der Waals surface area (Å²) in [5.74, 6) is 0.559. The summed E-state index contributed by atoms with van der Waals surface area (Å²) in [5.41, 5.74) is 2.77. The number of aryl methyl sites for hydroxylation is 1. The summed E-state index contributed by atoms with van der Waals surface area (Å²) in [6.45, 7) is 9.29. The summed E-state index contributed by atoms with van der Waals surface area (Å²) in [4.78, 5) is 18.9. The fourth-order valence-electron chi connectivity index (χ4n) is 3.63. The van der Waals surface area contributed by atoms with E-state index in [2.05, 4.69) is 54.0 Å². The molecule has 1 aromatic carbocycles. The number of amides is 1. The zero-order valence-electron chi connectivity index (χ0n) is 15.8. The molecule has 5 nitrogen and oxygen atoms in total. The van der Waals surface area contributed by atoms with Gasteiger partial charge in [0.05, 0.1) is 0 Å². The Kier molecular flexibility index (Phi) is 5.82. The van der Waals surface area contributed by atoms with Gasteiger partial charge in [-0.1, -0.05) is 19.1 Å². The first-order valence-corrected chi connectivity index (χ1v) is 9.53. The lowest BCUT2D eigenvalue weighted by Crippen LogP contribution is -2.45. The summed E-state index contributed by atoms with van der Waals surface area (Å²) < 4.78 is 0. The van der Waals surface area contributed by atoms with Gasteiger partial charge in [0, 0.05) is 51.2 Å². The van der Waals surface area contributed by atoms with Gasteiger partial charge in [-0.25, -0.2) is 0 Å². The minimum absolute atomic E-state index is 0.111. The van der Waals surface area contributed by atoms with Crippen molar-refractivity contribution < 1.29 is 4.79 Å². The van der Waals surface area contributed by atoms with Gasteiger partial charge in [-0.2, -0.15) is 5.26 Å². The van der Waals surface area contributed by atoms with E-state index in [-0.39, 0.29) is 11.5 Å². The Labute approximate surface area is 156 Å². The van der Waals surface area contributed by atoms with E-state index < -0.39 is 0 Å². The third-order valence-corrected chi connectivity index (χ3v) is 5.41. The number of hydrogen-bond donors (Lipinski definition) is 0. The molecule has 5 heteroatoms. The Bertz CT molecular complexity index is 705. The van der Waals surface area contributed by atoms with Crippen molar-refractivity contribution in [3.05, 3.63) is 41.6 Å². The van der Waals surface area contributed by atoms with Crippen LogP contribution < -0.4 is 4.90 Å². The molecule has 26 heavy (non-hydrogen) atoms. The molecule has 2 fully saturated rings. The Hall–Kier alpha value is -2.48. The first-order chi connectivity index (χ1) is 12.6. The van der Waals surface area contributed by atoms with Crippen LogP contribution in [-0.4, -0.2) is 55.0 Å². The zero-order chi connectivity index (χ0) is 18.5. The maximum atomic E-state index is 12.6. The number of nitriles is 1. The second kappa shape index (κ2) is 8.27. The smallest absolute Gasteiger partial charge is 0.266 e. The molecule has 0 saturated carbocycles. The molecule has 0 radical (unpaired) electrons. The molecule has 0 unspecified atom stereocenters. The van der Waals surface area contributed by atoms with Crippen LogP contribution in [0.15, 0.2) is 36.0 Å². The van der Waals surface area contributed by atoms with E-state index in [0.717, 1.165) is 52.1 Å². The summed E-state index contributed by atoms with van der Waals surface area (Å²) in [6.07, 6.45) is 3.83. The second-order valence-corrected chi connectivity index (χ2v) is 7.49. The van der Waals surface area contributed by atoms with Crippen LogP contribution in [0.5, 0.6) is 0 Å². The molecular weight excluding hydrogens is 324 g/mol. The maximum absolute atomic E-state index is 12.6. The topological polar surface area (TPSA) is 50.6 Å². The van der Waals surface area contributed by atoms with Gasteiger partial charge in [-0.05, 0) is 43.4 Å². The van der Waals surface area contributed by atoms with Gasteiger partial charge in [0.25, 0.3) is 5.91 Å². The SMILES string of the molecule is Cc1cccc(N2CCN(/C=C(/C#N)C(=O)N3CCC(C)CC3)CC2)c1. The highest BCUT2D eigenvalue weighted by molar-refractivity contribution is 5.97. The Balaban J connectivity index is 1.59. The van der Waals surface area contributed by atoms with E-state index in [4.69, 9.17) is 0 Å². The number of piperazine rings is 1. The number of nitrogens with zero attached hydrogens (tertiary/aromatic N) is 4. The van der Waals surface area contributed by atoms with Crippen molar-refractivity contribution in [2.75, 3.05) is 44.2 Å². The van der Waals surface area contributed by atoms with Crippen LogP contribution in [0, 0.1) is 24.2 Å². The minimum atomic E-state index is -0.111. The lowest BCUT2D eigenvalue weighted by atomic mass is 9.99. The Morgan fingerprint density at radius 3 is 2.46 bits per heavy atom. The number of benzene rings is 1. The molecular formula is C21H28N4O. The Morgan fingerprint density at radius 1 is 1.15 bits per heavy atom. The quantitative estimate of drug-likeness (QED) is 0.620. The van der Waals surface area contributed by atoms with Crippen molar-refractivity contribution in [2.24, 2.45) is 5.92 Å². The third-order valence-electron chi connectivity index (χ3n) is 5.41. The number of likely N-dealkylation sites (tertiary alicyclic amines) is 1. The van der Waals surface area contributed by atoms with Gasteiger partial charge in [0.1, 0.15) is 11.6 Å². The van der Waals surface area contributed by atoms with Crippen molar-refractivity contribution in [3.8, 4) is 6.07 Å². The van der Waals surface area contributed by atoms with Crippen LogP contribution in [0.4, 0.5) is 5.69 Å². The van der Waals surface area contributed by atoms with E-state index in [0.29, 0.717) is 5.92 Å². The molecule has 0 bridgehead atoms. The molecule has 0 N–H and O–H groups in total. The number of hydrogen-bond acceptors (Lipinski definition) is 4. The fourth-order valence-corrected chi connectivity index (χ4v) is 3.63. The first-order valence-electron chi connectivity index (χ1n) is 9.53. The van der Waals surface area contributed by atoms with Gasteiger partial charge >= 0.3 is 0 Å². The molecule has 2 aliphatic heterocycles. The van der Waals surface area contributed by atoms with Gasteiger partial charge in [-0.3, -0.25) is 4.79 Å². The fraction of sp³-hybridized carbons (Fsp3) is 0.524. The number of anilines is 1. The predicted octanol–water partition coefficient (Wildman–Crippen LogP) is 2.78. The standard InChI is InChI=1S/C21H28N4O/c1-17-6-8-25(9-7-17)21(26)19(15-22)16-23-10-12-24(13-11-23)20-5-3-4-18(2)14-20/h3-5,14,16-17H,6-13H2,1-2H3/b19-16-. The van der Waals surface area contributed by atoms with Gasteiger partial charge < -0.3 is 14.7 Å². The van der Waals surface area contributed by atoms with Crippen LogP contribution >= 0.6 is 0 Å². The molecule has 138 valence electrons. The largest absolute Gasteiger partial charge is 0.373 e. The first kappa shape index (κ1) is 18.3. The monoisotopic (exact) mass is 352 g/mol. The highest BCUT2D eigenvalue weighted by Gasteiger charge is 2.24. The second-order valence-electron chi connectivity index (χ2n) is 7.49. The molecule has 2 saturated heterocycles. The van der Waals surface area contributed by atoms with Crippen molar-refractivity contribution >= 4 is 11.6 Å². The molecule has 0 aromatic heterocycles. The van der Waals surface area contributed by atoms with Crippen LogP contribution in [0.25, 0.3) is 0 Å². The van der Waals surface area contributed by atoms with Crippen LogP contribution in [-0.2, 0) is 4.79 Å². The lowest BCUT2D eigenvalue weighted by Gasteiger charge is -2.36. The van der Waals surface area contributed by atoms with Crippen LogP contribution in [0.3, 0.4) is 0 Å². The van der Waals surface area contributed by atoms with E-state index in [1.54, 1.807) is 6.20 Å². The number of carbonyl (C=O) groups is 1. The number of piperidine rings is 1. The molecule has 1 amide bonds. The average molecular weight is 352 g/mol. The average Bonchev–Trinajstić information content (AvgIpc) is 2.66. The van der Waals surface area contributed by atoms with Gasteiger partial charge in [-0.15, -0.1) is 0 Å². The van der Waals surface area contributed by atoms with E-state index in [1.165, 1.54) is 11.3 Å². The summed E-state index contributed by atoms with van der Waals surface area (Å²) in [6, 6.07) is 10.7. The van der Waals surface area contributed by atoms with E-state index >= 15 is 0 Å². The van der Waals surface area contributed by atoms with Gasteiger partial charge in [0.15, 0.2) is 0 Å². The molecule has 0 spiro atoms. The predicted molar refractivity (Wildman–Crippen MR) is 104 cm³/mol. The Morgan fingerprint density at radius 2 is 1.85 bits per heavy atom. The highest BCUT2D eigenvalue weighted by Crippen LogP contribution is 2.20. The third kappa shape index (κ3) is 4.37. The molecule has 0 atom stereocenters. The highest BCUT2D eigenvalue weighted by atomic mass is 16.2. The number of rotatable bonds is 3. The normalized spacial score (nSPS) is 19.4. The van der Waals surface area contributed by atoms with Crippen molar-refractivity contribution in [1.29, 1.82) is 5.26 Å². The number of carbonyl (C=O) groups excluding carboxylic acids is 1. The van der Waals surface area contributed by atoms with E-state index in [1.807, 2.05) is 4.90 Å². The molecule has 1 aromatic rings. The maximum Gasteiger partial charge on any atom is 0.266 e. The molecule has 3 rings (SSSR count). The molecule has 2 aliphatic rings. The summed E-state index contributed by atoms with van der Waals surface area (Å²) in [7, 11) is 0. The summed E-state index contributed by atoms with van der Waals surface area (Å²) >= 11 is 0. The zero-order valence-corrected chi connectivity index (χ0v) is 15.8. The lowest BCUT2D eigenvalue weighted by molar-refractivity contribution is -0.128. The summed E-state index contributed by atoms with van der Waals surface area (Å²) in [5, 5.41) is 9.47.